The third-order valence-corrected chi connectivity index (χ3v) is 5.26. The zero-order chi connectivity index (χ0) is 19.9. The number of hydrogen-bond donors (Lipinski definition) is 1. The first-order chi connectivity index (χ1) is 14.3. The van der Waals surface area contributed by atoms with Crippen LogP contribution in [0.3, 0.4) is 0 Å². The molecule has 0 atom stereocenters. The number of rotatable bonds is 4. The SMILES string of the molecule is CN=C(NCc1ccc2c(c1)OCCCO2)N1CCC(Oc2ccccc2)CC1. The Balaban J connectivity index is 1.28. The molecule has 6 heteroatoms. The number of fused-ring (bicyclic) bond motifs is 1. The lowest BCUT2D eigenvalue weighted by molar-refractivity contribution is 0.129. The van der Waals surface area contributed by atoms with Crippen molar-refractivity contribution in [3.63, 3.8) is 0 Å². The summed E-state index contributed by atoms with van der Waals surface area (Å²) < 4.78 is 17.6. The van der Waals surface area contributed by atoms with Crippen molar-refractivity contribution < 1.29 is 14.2 Å². The zero-order valence-corrected chi connectivity index (χ0v) is 17.0. The molecule has 154 valence electrons. The predicted molar refractivity (Wildman–Crippen MR) is 114 cm³/mol. The fourth-order valence-electron chi connectivity index (χ4n) is 3.71. The van der Waals surface area contributed by atoms with E-state index in [0.29, 0.717) is 19.8 Å². The van der Waals surface area contributed by atoms with Gasteiger partial charge in [0.1, 0.15) is 11.9 Å². The molecule has 2 aliphatic heterocycles. The largest absolute Gasteiger partial charge is 0.490 e. The number of aliphatic imine (C=N–C) groups is 1. The fraction of sp³-hybridized carbons (Fsp3) is 0.435. The smallest absolute Gasteiger partial charge is 0.193 e. The molecule has 29 heavy (non-hydrogen) atoms. The molecule has 0 unspecified atom stereocenters. The molecular formula is C23H29N3O3. The molecule has 6 nitrogen and oxygen atoms in total. The van der Waals surface area contributed by atoms with Crippen LogP contribution in [0.1, 0.15) is 24.8 Å². The van der Waals surface area contributed by atoms with E-state index in [1.54, 1.807) is 0 Å². The molecule has 1 fully saturated rings. The van der Waals surface area contributed by atoms with Crippen molar-refractivity contribution in [2.24, 2.45) is 4.99 Å². The lowest BCUT2D eigenvalue weighted by Crippen LogP contribution is -2.47. The predicted octanol–water partition coefficient (Wildman–Crippen LogP) is 3.47. The van der Waals surface area contributed by atoms with Gasteiger partial charge in [-0.3, -0.25) is 4.99 Å². The van der Waals surface area contributed by atoms with Crippen LogP contribution in [0.2, 0.25) is 0 Å². The summed E-state index contributed by atoms with van der Waals surface area (Å²) in [6.07, 6.45) is 3.14. The number of benzene rings is 2. The van der Waals surface area contributed by atoms with Crippen molar-refractivity contribution in [1.82, 2.24) is 10.2 Å². The van der Waals surface area contributed by atoms with Gasteiger partial charge >= 0.3 is 0 Å². The van der Waals surface area contributed by atoms with E-state index >= 15 is 0 Å². The standard InChI is InChI=1S/C23H29N3O3/c1-24-23(25-17-18-8-9-21-22(16-18)28-15-5-14-27-21)26-12-10-20(11-13-26)29-19-6-3-2-4-7-19/h2-4,6-9,16,20H,5,10-15,17H2,1H3,(H,24,25). The highest BCUT2D eigenvalue weighted by Gasteiger charge is 2.22. The van der Waals surface area contributed by atoms with E-state index in [2.05, 4.69) is 27.3 Å². The maximum absolute atomic E-state index is 6.10. The van der Waals surface area contributed by atoms with Crippen LogP contribution in [0.25, 0.3) is 0 Å². The van der Waals surface area contributed by atoms with E-state index in [-0.39, 0.29) is 6.10 Å². The third kappa shape index (κ3) is 5.13. The zero-order valence-electron chi connectivity index (χ0n) is 17.0. The van der Waals surface area contributed by atoms with Crippen molar-refractivity contribution in [1.29, 1.82) is 0 Å². The Morgan fingerprint density at radius 1 is 1.07 bits per heavy atom. The Morgan fingerprint density at radius 3 is 2.59 bits per heavy atom. The van der Waals surface area contributed by atoms with Gasteiger partial charge in [0.2, 0.25) is 0 Å². The van der Waals surface area contributed by atoms with Gasteiger partial charge in [-0.15, -0.1) is 0 Å². The molecule has 1 N–H and O–H groups in total. The van der Waals surface area contributed by atoms with E-state index in [9.17, 15) is 0 Å². The molecule has 0 radical (unpaired) electrons. The number of nitrogens with zero attached hydrogens (tertiary/aromatic N) is 2. The Hall–Kier alpha value is -2.89. The number of nitrogens with one attached hydrogen (secondary N) is 1. The van der Waals surface area contributed by atoms with Crippen molar-refractivity contribution >= 4 is 5.96 Å². The van der Waals surface area contributed by atoms with Crippen LogP contribution in [-0.2, 0) is 6.54 Å². The average Bonchev–Trinajstić information content (AvgIpc) is 3.01. The van der Waals surface area contributed by atoms with E-state index in [4.69, 9.17) is 14.2 Å². The summed E-state index contributed by atoms with van der Waals surface area (Å²) in [6.45, 7) is 3.97. The molecule has 2 heterocycles. The molecule has 0 bridgehead atoms. The van der Waals surface area contributed by atoms with E-state index in [1.165, 1.54) is 0 Å². The minimum Gasteiger partial charge on any atom is -0.490 e. The van der Waals surface area contributed by atoms with Gasteiger partial charge in [0.25, 0.3) is 0 Å². The normalized spacial score (nSPS) is 17.6. The molecular weight excluding hydrogens is 366 g/mol. The van der Waals surface area contributed by atoms with Crippen LogP contribution < -0.4 is 19.5 Å². The average molecular weight is 396 g/mol. The summed E-state index contributed by atoms with van der Waals surface area (Å²) in [6, 6.07) is 16.2. The maximum atomic E-state index is 6.10. The molecule has 0 saturated carbocycles. The molecule has 2 aromatic rings. The van der Waals surface area contributed by atoms with Crippen molar-refractivity contribution in [2.45, 2.75) is 31.9 Å². The third-order valence-electron chi connectivity index (χ3n) is 5.26. The second-order valence-electron chi connectivity index (χ2n) is 7.35. The second kappa shape index (κ2) is 9.54. The minimum absolute atomic E-state index is 0.258. The van der Waals surface area contributed by atoms with Crippen LogP contribution in [0, 0.1) is 0 Å². The van der Waals surface area contributed by atoms with Gasteiger partial charge in [0.05, 0.1) is 13.2 Å². The first-order valence-electron chi connectivity index (χ1n) is 10.4. The van der Waals surface area contributed by atoms with Gasteiger partial charge in [-0.1, -0.05) is 24.3 Å². The number of guanidine groups is 1. The Labute approximate surface area is 172 Å². The molecule has 2 aromatic carbocycles. The number of ether oxygens (including phenoxy) is 3. The molecule has 0 aromatic heterocycles. The molecule has 0 aliphatic carbocycles. The van der Waals surface area contributed by atoms with Crippen LogP contribution in [0.4, 0.5) is 0 Å². The summed E-state index contributed by atoms with van der Waals surface area (Å²) >= 11 is 0. The summed E-state index contributed by atoms with van der Waals surface area (Å²) in [4.78, 5) is 6.77. The molecule has 0 amide bonds. The fourth-order valence-corrected chi connectivity index (χ4v) is 3.71. The van der Waals surface area contributed by atoms with Crippen LogP contribution in [0.5, 0.6) is 17.2 Å². The van der Waals surface area contributed by atoms with Gasteiger partial charge < -0.3 is 24.4 Å². The van der Waals surface area contributed by atoms with Crippen molar-refractivity contribution in [2.75, 3.05) is 33.4 Å². The van der Waals surface area contributed by atoms with Crippen molar-refractivity contribution in [3.8, 4) is 17.2 Å². The quantitative estimate of drug-likeness (QED) is 0.635. The Morgan fingerprint density at radius 2 is 1.83 bits per heavy atom. The second-order valence-corrected chi connectivity index (χ2v) is 7.35. The molecule has 1 saturated heterocycles. The first kappa shape index (κ1) is 19.4. The number of hydrogen-bond acceptors (Lipinski definition) is 4. The summed E-state index contributed by atoms with van der Waals surface area (Å²) in [5, 5.41) is 3.48. The lowest BCUT2D eigenvalue weighted by atomic mass is 10.1. The Kier molecular flexibility index (Phi) is 6.39. The van der Waals surface area contributed by atoms with E-state index in [0.717, 1.165) is 61.1 Å². The maximum Gasteiger partial charge on any atom is 0.193 e. The monoisotopic (exact) mass is 395 g/mol. The van der Waals surface area contributed by atoms with Crippen molar-refractivity contribution in [3.05, 3.63) is 54.1 Å². The van der Waals surface area contributed by atoms with E-state index < -0.39 is 0 Å². The van der Waals surface area contributed by atoms with Gasteiger partial charge in [0, 0.05) is 45.9 Å². The number of piperidine rings is 1. The Bertz CT molecular complexity index is 817. The molecule has 2 aliphatic rings. The van der Waals surface area contributed by atoms with Gasteiger partial charge in [-0.25, -0.2) is 0 Å². The van der Waals surface area contributed by atoms with Gasteiger partial charge in [-0.05, 0) is 29.8 Å². The minimum atomic E-state index is 0.258. The van der Waals surface area contributed by atoms with Crippen LogP contribution >= 0.6 is 0 Å². The summed E-state index contributed by atoms with van der Waals surface area (Å²) in [7, 11) is 1.84. The number of para-hydroxylation sites is 1. The highest BCUT2D eigenvalue weighted by Crippen LogP contribution is 2.30. The first-order valence-corrected chi connectivity index (χ1v) is 10.4. The lowest BCUT2D eigenvalue weighted by Gasteiger charge is -2.34. The molecule has 0 spiro atoms. The molecule has 4 rings (SSSR count). The number of likely N-dealkylation sites (tertiary alicyclic amines) is 1. The van der Waals surface area contributed by atoms with Gasteiger partial charge in [0.15, 0.2) is 17.5 Å². The summed E-state index contributed by atoms with van der Waals surface area (Å²) in [5.74, 6) is 3.53. The highest BCUT2D eigenvalue weighted by molar-refractivity contribution is 5.80. The topological polar surface area (TPSA) is 55.3 Å². The summed E-state index contributed by atoms with van der Waals surface area (Å²) in [5.41, 5.74) is 1.15. The highest BCUT2D eigenvalue weighted by atomic mass is 16.5. The van der Waals surface area contributed by atoms with Gasteiger partial charge in [-0.2, -0.15) is 0 Å². The van der Waals surface area contributed by atoms with E-state index in [1.807, 2.05) is 43.4 Å². The van der Waals surface area contributed by atoms with Crippen LogP contribution in [0.15, 0.2) is 53.5 Å². The van der Waals surface area contributed by atoms with Crippen LogP contribution in [-0.4, -0.2) is 50.3 Å².